The van der Waals surface area contributed by atoms with Gasteiger partial charge in [0.05, 0.1) is 6.42 Å². The number of nitrogens with one attached hydrogen (secondary N) is 2. The van der Waals surface area contributed by atoms with Gasteiger partial charge in [0.15, 0.2) is 0 Å². The zero-order chi connectivity index (χ0) is 13.7. The highest BCUT2D eigenvalue weighted by atomic mass is 16.4. The standard InChI is InChI=1S/C14H18N2O3/c17-13(5-10-7-15-8-10)16-9-12-4-2-1-3-11(12)6-14(18)19/h1-4,10,15H,5-9H2,(H,16,17)(H,18,19). The molecule has 1 aliphatic heterocycles. The summed E-state index contributed by atoms with van der Waals surface area (Å²) in [4.78, 5) is 22.5. The van der Waals surface area contributed by atoms with E-state index in [1.165, 1.54) is 0 Å². The molecule has 0 radical (unpaired) electrons. The van der Waals surface area contributed by atoms with Crippen LogP contribution in [0.5, 0.6) is 0 Å². The minimum atomic E-state index is -0.862. The average Bonchev–Trinajstić information content (AvgIpc) is 2.32. The van der Waals surface area contributed by atoms with Crippen molar-refractivity contribution in [2.24, 2.45) is 5.92 Å². The Morgan fingerprint density at radius 1 is 1.26 bits per heavy atom. The van der Waals surface area contributed by atoms with Gasteiger partial charge in [-0.15, -0.1) is 0 Å². The quantitative estimate of drug-likeness (QED) is 0.699. The van der Waals surface area contributed by atoms with Crippen LogP contribution >= 0.6 is 0 Å². The number of carboxylic acid groups (broad SMARTS) is 1. The van der Waals surface area contributed by atoms with E-state index in [1.54, 1.807) is 6.07 Å². The Morgan fingerprint density at radius 2 is 1.95 bits per heavy atom. The largest absolute Gasteiger partial charge is 0.481 e. The van der Waals surface area contributed by atoms with Crippen molar-refractivity contribution in [3.63, 3.8) is 0 Å². The average molecular weight is 262 g/mol. The lowest BCUT2D eigenvalue weighted by molar-refractivity contribution is -0.136. The van der Waals surface area contributed by atoms with Gasteiger partial charge >= 0.3 is 5.97 Å². The Labute approximate surface area is 112 Å². The lowest BCUT2D eigenvalue weighted by atomic mass is 9.99. The second kappa shape index (κ2) is 6.33. The molecule has 3 N–H and O–H groups in total. The molecule has 1 aromatic carbocycles. The lowest BCUT2D eigenvalue weighted by Crippen LogP contribution is -2.44. The molecule has 1 amide bonds. The highest BCUT2D eigenvalue weighted by Gasteiger charge is 2.19. The summed E-state index contributed by atoms with van der Waals surface area (Å²) in [5.41, 5.74) is 1.62. The first-order valence-electron chi connectivity index (χ1n) is 6.41. The molecule has 1 heterocycles. The third-order valence-electron chi connectivity index (χ3n) is 3.28. The van der Waals surface area contributed by atoms with Crippen LogP contribution in [-0.2, 0) is 22.6 Å². The highest BCUT2D eigenvalue weighted by Crippen LogP contribution is 2.11. The zero-order valence-corrected chi connectivity index (χ0v) is 10.7. The molecule has 1 fully saturated rings. The second-order valence-corrected chi connectivity index (χ2v) is 4.84. The SMILES string of the molecule is O=C(O)Cc1ccccc1CNC(=O)CC1CNC1. The van der Waals surface area contributed by atoms with Crippen molar-refractivity contribution in [1.82, 2.24) is 10.6 Å². The summed E-state index contributed by atoms with van der Waals surface area (Å²) in [7, 11) is 0. The maximum Gasteiger partial charge on any atom is 0.307 e. The summed E-state index contributed by atoms with van der Waals surface area (Å²) in [6.07, 6.45) is 0.521. The highest BCUT2D eigenvalue weighted by molar-refractivity contribution is 5.76. The number of hydrogen-bond donors (Lipinski definition) is 3. The van der Waals surface area contributed by atoms with Crippen molar-refractivity contribution in [2.75, 3.05) is 13.1 Å². The molecule has 0 spiro atoms. The predicted octanol–water partition coefficient (Wildman–Crippen LogP) is 0.539. The monoisotopic (exact) mass is 262 g/mol. The normalized spacial score (nSPS) is 14.7. The molecule has 1 saturated heterocycles. The van der Waals surface area contributed by atoms with E-state index in [4.69, 9.17) is 5.11 Å². The molecule has 1 aliphatic rings. The Morgan fingerprint density at radius 3 is 2.53 bits per heavy atom. The fourth-order valence-electron chi connectivity index (χ4n) is 2.09. The van der Waals surface area contributed by atoms with Crippen molar-refractivity contribution in [1.29, 1.82) is 0 Å². The summed E-state index contributed by atoms with van der Waals surface area (Å²) in [5.74, 6) is -0.398. The maximum absolute atomic E-state index is 11.7. The van der Waals surface area contributed by atoms with E-state index in [2.05, 4.69) is 10.6 Å². The lowest BCUT2D eigenvalue weighted by Gasteiger charge is -2.26. The van der Waals surface area contributed by atoms with Crippen LogP contribution in [0.25, 0.3) is 0 Å². The predicted molar refractivity (Wildman–Crippen MR) is 70.6 cm³/mol. The van der Waals surface area contributed by atoms with E-state index in [0.29, 0.717) is 18.9 Å². The molecule has 1 aromatic rings. The van der Waals surface area contributed by atoms with Gasteiger partial charge in [0.1, 0.15) is 0 Å². The van der Waals surface area contributed by atoms with Crippen LogP contribution in [-0.4, -0.2) is 30.1 Å². The zero-order valence-electron chi connectivity index (χ0n) is 10.7. The van der Waals surface area contributed by atoms with Gasteiger partial charge in [0.2, 0.25) is 5.91 Å². The number of carbonyl (C=O) groups is 2. The molecular formula is C14H18N2O3. The van der Waals surface area contributed by atoms with E-state index < -0.39 is 5.97 Å². The van der Waals surface area contributed by atoms with Gasteiger partial charge in [-0.25, -0.2) is 0 Å². The smallest absolute Gasteiger partial charge is 0.307 e. The van der Waals surface area contributed by atoms with Crippen molar-refractivity contribution >= 4 is 11.9 Å². The van der Waals surface area contributed by atoms with Crippen LogP contribution in [0.15, 0.2) is 24.3 Å². The van der Waals surface area contributed by atoms with Gasteiger partial charge in [-0.3, -0.25) is 9.59 Å². The van der Waals surface area contributed by atoms with Crippen LogP contribution in [0, 0.1) is 5.92 Å². The number of amides is 1. The molecule has 0 saturated carbocycles. The number of carboxylic acids is 1. The first-order chi connectivity index (χ1) is 9.15. The fraction of sp³-hybridized carbons (Fsp3) is 0.429. The maximum atomic E-state index is 11.7. The van der Waals surface area contributed by atoms with E-state index in [0.717, 1.165) is 24.2 Å². The summed E-state index contributed by atoms with van der Waals surface area (Å²) >= 11 is 0. The molecular weight excluding hydrogens is 244 g/mol. The van der Waals surface area contributed by atoms with Crippen molar-refractivity contribution in [3.05, 3.63) is 35.4 Å². The van der Waals surface area contributed by atoms with Gasteiger partial charge in [0.25, 0.3) is 0 Å². The molecule has 2 rings (SSSR count). The number of rotatable bonds is 6. The third-order valence-corrected chi connectivity index (χ3v) is 3.28. The first-order valence-corrected chi connectivity index (χ1v) is 6.41. The van der Waals surface area contributed by atoms with E-state index in [9.17, 15) is 9.59 Å². The van der Waals surface area contributed by atoms with Crippen LogP contribution in [0.2, 0.25) is 0 Å². The molecule has 0 aromatic heterocycles. The van der Waals surface area contributed by atoms with E-state index in [-0.39, 0.29) is 12.3 Å². The van der Waals surface area contributed by atoms with Gasteiger partial charge < -0.3 is 15.7 Å². The van der Waals surface area contributed by atoms with Crippen LogP contribution in [0.1, 0.15) is 17.5 Å². The Balaban J connectivity index is 1.87. The van der Waals surface area contributed by atoms with E-state index in [1.807, 2.05) is 18.2 Å². The van der Waals surface area contributed by atoms with Gasteiger partial charge in [0, 0.05) is 13.0 Å². The number of hydrogen-bond acceptors (Lipinski definition) is 3. The second-order valence-electron chi connectivity index (χ2n) is 4.84. The van der Waals surface area contributed by atoms with E-state index >= 15 is 0 Å². The molecule has 0 atom stereocenters. The molecule has 5 nitrogen and oxygen atoms in total. The summed E-state index contributed by atoms with van der Waals surface area (Å²) in [5, 5.41) is 14.8. The van der Waals surface area contributed by atoms with Gasteiger partial charge in [-0.2, -0.15) is 0 Å². The topological polar surface area (TPSA) is 78.4 Å². The Bertz CT molecular complexity index is 470. The van der Waals surface area contributed by atoms with Gasteiger partial charge in [-0.1, -0.05) is 24.3 Å². The summed E-state index contributed by atoms with van der Waals surface area (Å²) in [6, 6.07) is 7.29. The van der Waals surface area contributed by atoms with Crippen LogP contribution < -0.4 is 10.6 Å². The molecule has 5 heteroatoms. The van der Waals surface area contributed by atoms with Crippen LogP contribution in [0.4, 0.5) is 0 Å². The molecule has 0 bridgehead atoms. The minimum absolute atomic E-state index is 0.0153. The van der Waals surface area contributed by atoms with Crippen molar-refractivity contribution < 1.29 is 14.7 Å². The van der Waals surface area contributed by atoms with Crippen molar-refractivity contribution in [2.45, 2.75) is 19.4 Å². The number of benzene rings is 1. The summed E-state index contributed by atoms with van der Waals surface area (Å²) < 4.78 is 0. The summed E-state index contributed by atoms with van der Waals surface area (Å²) in [6.45, 7) is 2.20. The van der Waals surface area contributed by atoms with Gasteiger partial charge in [-0.05, 0) is 30.1 Å². The molecule has 102 valence electrons. The Hall–Kier alpha value is -1.88. The Kier molecular flexibility index (Phi) is 4.52. The number of carbonyl (C=O) groups excluding carboxylic acids is 1. The third kappa shape index (κ3) is 4.06. The first kappa shape index (κ1) is 13.5. The van der Waals surface area contributed by atoms with Crippen LogP contribution in [0.3, 0.4) is 0 Å². The van der Waals surface area contributed by atoms with Crippen molar-refractivity contribution in [3.8, 4) is 0 Å². The molecule has 0 unspecified atom stereocenters. The number of aliphatic carboxylic acids is 1. The minimum Gasteiger partial charge on any atom is -0.481 e. The molecule has 0 aliphatic carbocycles. The molecule has 19 heavy (non-hydrogen) atoms. The fourth-order valence-corrected chi connectivity index (χ4v) is 2.09.